The molecule has 8 aliphatic rings. The van der Waals surface area contributed by atoms with Crippen LogP contribution in [-0.4, -0.2) is 13.2 Å². The van der Waals surface area contributed by atoms with Crippen LogP contribution in [-0.2, 0) is 45.3 Å². The van der Waals surface area contributed by atoms with Gasteiger partial charge in [0.2, 0.25) is 0 Å². The number of aryl methyl sites for hydroxylation is 1. The molecular weight excluding hydrogens is 1770 g/mol. The van der Waals surface area contributed by atoms with Crippen LogP contribution in [0.4, 0.5) is 34.1 Å². The van der Waals surface area contributed by atoms with Crippen molar-refractivity contribution in [2.45, 2.75) is 217 Å². The fourth-order valence-electron chi connectivity index (χ4n) is 26.2. The molecular formula is C142H138N2O2. The molecule has 0 aromatic heterocycles. The molecule has 4 nitrogen and oxygen atoms in total. The third-order valence-corrected chi connectivity index (χ3v) is 33.9. The summed E-state index contributed by atoms with van der Waals surface area (Å²) < 4.78 is 12.7. The SMILES string of the molecule is C=Cc1ccc(OCCCCCCC2(c3ccccc3)c3ccccc3-c3ccc(N(c4ccc(-c5cc(CCCCC)c6c(c5CCCCCC)C(C)(C)c5ccc(cc5)C5(C)c7ccccc7-c7ccc(cc75)N(c5ccc7c(c5)C(CCCCCCOc5ccc(C=C)cc5)(c5ccccc5)c5ccccc5-7)c5ccc-6cc5)cc4)c4ccc5c(c4)C(C)(c4ccc(C(C)(C)C)cc4)c4ccccc4-5)cc32)cc1. The second-order valence-corrected chi connectivity index (χ2v) is 43.8. The lowest BCUT2D eigenvalue weighted by Crippen LogP contribution is -2.27. The van der Waals surface area contributed by atoms with E-state index in [9.17, 15) is 0 Å². The first-order valence-corrected chi connectivity index (χ1v) is 54.4. The maximum atomic E-state index is 6.35. The van der Waals surface area contributed by atoms with Crippen LogP contribution in [0.2, 0.25) is 0 Å². The Morgan fingerprint density at radius 3 is 1.18 bits per heavy atom. The summed E-state index contributed by atoms with van der Waals surface area (Å²) in [6.07, 6.45) is 23.9. The van der Waals surface area contributed by atoms with Crippen LogP contribution in [0.15, 0.2) is 395 Å². The molecule has 0 saturated heterocycles. The highest BCUT2D eigenvalue weighted by Crippen LogP contribution is 2.63. The lowest BCUT2D eigenvalue weighted by atomic mass is 9.68. The van der Waals surface area contributed by atoms with E-state index in [1.54, 1.807) is 0 Å². The molecule has 17 aromatic carbocycles. The van der Waals surface area contributed by atoms with Crippen LogP contribution >= 0.6 is 0 Å². The van der Waals surface area contributed by atoms with Gasteiger partial charge in [0, 0.05) is 61.2 Å². The lowest BCUT2D eigenvalue weighted by Gasteiger charge is -2.36. The van der Waals surface area contributed by atoms with Crippen LogP contribution in [0.1, 0.15) is 277 Å². The Morgan fingerprint density at radius 2 is 0.685 bits per heavy atom. The van der Waals surface area contributed by atoms with Gasteiger partial charge in [-0.2, -0.15) is 0 Å². The van der Waals surface area contributed by atoms with E-state index in [0.717, 1.165) is 172 Å². The van der Waals surface area contributed by atoms with E-state index in [1.165, 1.54) is 168 Å². The Hall–Kier alpha value is -14.6. The Kier molecular flexibility index (Phi) is 26.7. The second kappa shape index (κ2) is 40.4. The number of benzene rings is 17. The summed E-state index contributed by atoms with van der Waals surface area (Å²) in [4.78, 5) is 5.22. The Morgan fingerprint density at radius 1 is 0.301 bits per heavy atom. The molecule has 0 amide bonds. The van der Waals surface area contributed by atoms with Gasteiger partial charge in [0.25, 0.3) is 0 Å². The largest absolute Gasteiger partial charge is 0.494 e. The van der Waals surface area contributed by atoms with Gasteiger partial charge < -0.3 is 19.3 Å². The van der Waals surface area contributed by atoms with Crippen LogP contribution in [0.3, 0.4) is 0 Å². The van der Waals surface area contributed by atoms with Crippen molar-refractivity contribution in [2.75, 3.05) is 23.0 Å². The van der Waals surface area contributed by atoms with Gasteiger partial charge in [0.1, 0.15) is 11.5 Å². The van der Waals surface area contributed by atoms with E-state index in [-0.39, 0.29) is 5.41 Å². The van der Waals surface area contributed by atoms with Crippen LogP contribution < -0.4 is 19.3 Å². The molecule has 0 fully saturated rings. The standard InChI is InChI=1S/C142H138N2O2/c1-12-16-18-30-52-125-126(100-61-73-109(74-62-100)143(111-77-85-121-117-48-31-35-53-127(117)139(10,131(121)94-111)105-69-65-103(66-70-105)137(5,6)7)113-79-87-123-119-50-33-37-55-129(119)141(133(123)96-113,107-44-26-23-27-45-107)89-39-19-21-41-91-145-115-81-57-98(14-3)58-82-115)93-102(43-25-17-13-2)135-101-63-75-110(76-64-101)144(112-78-86-122-118-49-32-36-54-128(118)140(11,132(122)95-112)106-71-67-104(68-72-106)138(8,9)136(125)135)114-80-88-124-120-51-34-38-56-130(120)142(134(124)97-114,108-46-28-24-29-47-108)90-40-20-22-42-92-146-116-83-59-99(15-4)60-84-116/h14-15,23-24,26-29,31-38,44-51,53-88,93-97H,3-4,12-13,16-22,25,30,39-43,52,89-92H2,1-2,5-11H3. The number of ether oxygens (including phenoxy) is 2. The predicted molar refractivity (Wildman–Crippen MR) is 617 cm³/mol. The van der Waals surface area contributed by atoms with Crippen molar-refractivity contribution in [2.24, 2.45) is 0 Å². The minimum absolute atomic E-state index is 0.00445. The molecule has 17 aromatic rings. The first-order chi connectivity index (χ1) is 71.4. The van der Waals surface area contributed by atoms with Gasteiger partial charge in [0.15, 0.2) is 0 Å². The van der Waals surface area contributed by atoms with Crippen molar-refractivity contribution in [3.8, 4) is 78.3 Å². The highest BCUT2D eigenvalue weighted by atomic mass is 16.5. The van der Waals surface area contributed by atoms with E-state index in [4.69, 9.17) is 9.47 Å². The summed E-state index contributed by atoms with van der Waals surface area (Å²) in [5, 5.41) is 0. The molecule has 4 atom stereocenters. The van der Waals surface area contributed by atoms with E-state index in [2.05, 4.69) is 467 Å². The van der Waals surface area contributed by atoms with Crippen molar-refractivity contribution in [1.82, 2.24) is 0 Å². The number of hydrogen-bond donors (Lipinski definition) is 0. The van der Waals surface area contributed by atoms with Gasteiger partial charge in [-0.25, -0.2) is 0 Å². The summed E-state index contributed by atoms with van der Waals surface area (Å²) >= 11 is 0. The Bertz CT molecular complexity index is 7650. The molecule has 728 valence electrons. The lowest BCUT2D eigenvalue weighted by molar-refractivity contribution is 0.303. The van der Waals surface area contributed by atoms with Gasteiger partial charge in [-0.05, 0) is 340 Å². The number of nitrogens with zero attached hydrogens (tertiary/aromatic N) is 2. The van der Waals surface area contributed by atoms with E-state index < -0.39 is 27.1 Å². The summed E-state index contributed by atoms with van der Waals surface area (Å²) in [6.45, 7) is 31.1. The van der Waals surface area contributed by atoms with Gasteiger partial charge in [-0.1, -0.05) is 430 Å². The molecule has 4 heteroatoms. The molecule has 0 N–H and O–H groups in total. The van der Waals surface area contributed by atoms with Crippen molar-refractivity contribution in [1.29, 1.82) is 0 Å². The summed E-state index contributed by atoms with van der Waals surface area (Å²) in [7, 11) is 0. The average Bonchev–Trinajstić information content (AvgIpc) is 1.54. The number of anilines is 6. The van der Waals surface area contributed by atoms with Gasteiger partial charge in [-0.3, -0.25) is 0 Å². The van der Waals surface area contributed by atoms with Crippen LogP contribution in [0.25, 0.3) is 78.9 Å². The zero-order chi connectivity index (χ0) is 99.9. The number of fused-ring (bicyclic) bond motifs is 11. The Labute approximate surface area is 868 Å². The molecule has 6 bridgehead atoms. The van der Waals surface area contributed by atoms with E-state index >= 15 is 0 Å². The fourth-order valence-corrected chi connectivity index (χ4v) is 26.2. The van der Waals surface area contributed by atoms with Crippen molar-refractivity contribution >= 4 is 46.3 Å². The van der Waals surface area contributed by atoms with Crippen molar-refractivity contribution < 1.29 is 9.47 Å². The first-order valence-electron chi connectivity index (χ1n) is 54.4. The molecule has 0 saturated carbocycles. The van der Waals surface area contributed by atoms with E-state index in [0.29, 0.717) is 13.2 Å². The highest BCUT2D eigenvalue weighted by Gasteiger charge is 2.49. The first kappa shape index (κ1) is 96.2. The minimum Gasteiger partial charge on any atom is -0.494 e. The van der Waals surface area contributed by atoms with Gasteiger partial charge in [0.05, 0.1) is 13.2 Å². The van der Waals surface area contributed by atoms with Gasteiger partial charge >= 0.3 is 0 Å². The maximum Gasteiger partial charge on any atom is 0.119 e. The predicted octanol–water partition coefficient (Wildman–Crippen LogP) is 38.4. The maximum absolute atomic E-state index is 6.35. The zero-order valence-electron chi connectivity index (χ0n) is 87.0. The molecule has 0 spiro atoms. The molecule has 0 radical (unpaired) electrons. The average molecular weight is 1900 g/mol. The third-order valence-electron chi connectivity index (χ3n) is 33.9. The van der Waals surface area contributed by atoms with Crippen molar-refractivity contribution in [3.05, 3.63) is 501 Å². The number of rotatable bonds is 35. The fraction of sp³-hybridized carbons (Fsp3) is 0.254. The molecule has 4 heterocycles. The number of unbranched alkanes of at least 4 members (excludes halogenated alkanes) is 11. The monoisotopic (exact) mass is 1900 g/mol. The molecule has 4 unspecified atom stereocenters. The van der Waals surface area contributed by atoms with Crippen molar-refractivity contribution in [3.63, 3.8) is 0 Å². The zero-order valence-corrected chi connectivity index (χ0v) is 87.0. The minimum atomic E-state index is -0.492. The normalized spacial score (nSPS) is 17.0. The molecule has 146 heavy (non-hydrogen) atoms. The highest BCUT2D eigenvalue weighted by molar-refractivity contribution is 5.95. The van der Waals surface area contributed by atoms with Crippen LogP contribution in [0.5, 0.6) is 11.5 Å². The second-order valence-electron chi connectivity index (χ2n) is 43.8. The summed E-state index contributed by atoms with van der Waals surface area (Å²) in [6, 6.07) is 149. The quantitative estimate of drug-likeness (QED) is 0.0370. The smallest absolute Gasteiger partial charge is 0.119 e. The Balaban J connectivity index is 0.698. The molecule has 25 rings (SSSR count). The van der Waals surface area contributed by atoms with Crippen LogP contribution in [0, 0.1) is 0 Å². The topological polar surface area (TPSA) is 24.9 Å². The third kappa shape index (κ3) is 17.2. The molecule has 4 aliphatic heterocycles. The number of hydrogen-bond acceptors (Lipinski definition) is 4. The summed E-state index contributed by atoms with van der Waals surface area (Å²) in [5.41, 5.74) is 45.4. The molecule has 4 aliphatic carbocycles. The van der Waals surface area contributed by atoms with Gasteiger partial charge in [-0.15, -0.1) is 0 Å². The van der Waals surface area contributed by atoms with E-state index in [1.807, 2.05) is 12.2 Å². The summed E-state index contributed by atoms with van der Waals surface area (Å²) in [5.74, 6) is 1.82.